The van der Waals surface area contributed by atoms with Gasteiger partial charge in [0, 0.05) is 6.04 Å². The van der Waals surface area contributed by atoms with E-state index in [0.29, 0.717) is 6.42 Å². The van der Waals surface area contributed by atoms with E-state index in [0.717, 1.165) is 19.5 Å². The molecule has 0 unspecified atom stereocenters. The van der Waals surface area contributed by atoms with E-state index >= 15 is 0 Å². The Labute approximate surface area is 65.8 Å². The molecule has 4 N–H and O–H groups in total. The second kappa shape index (κ2) is 3.69. The summed E-state index contributed by atoms with van der Waals surface area (Å²) in [5, 5.41) is 11.8. The van der Waals surface area contributed by atoms with E-state index < -0.39 is 5.97 Å². The van der Waals surface area contributed by atoms with Gasteiger partial charge in [-0.1, -0.05) is 0 Å². The number of rotatable bonds is 1. The summed E-state index contributed by atoms with van der Waals surface area (Å²) in [6.45, 7) is 1.61. The highest BCUT2D eigenvalue weighted by Gasteiger charge is 2.25. The minimum Gasteiger partial charge on any atom is -0.481 e. The SMILES string of the molecule is N[C@H]1CCNCC[C@@H]1C(=O)O. The first-order valence-electron chi connectivity index (χ1n) is 3.91. The largest absolute Gasteiger partial charge is 0.481 e. The molecule has 1 aliphatic heterocycles. The normalized spacial score (nSPS) is 32.8. The minimum atomic E-state index is -0.763. The van der Waals surface area contributed by atoms with Crippen LogP contribution in [0.15, 0.2) is 0 Å². The van der Waals surface area contributed by atoms with Crippen LogP contribution in [0.4, 0.5) is 0 Å². The van der Waals surface area contributed by atoms with Crippen LogP contribution >= 0.6 is 0 Å². The number of nitrogens with two attached hydrogens (primary N) is 1. The molecule has 0 radical (unpaired) electrons. The van der Waals surface area contributed by atoms with E-state index in [-0.39, 0.29) is 12.0 Å². The summed E-state index contributed by atoms with van der Waals surface area (Å²) in [5.74, 6) is -1.12. The van der Waals surface area contributed by atoms with Crippen molar-refractivity contribution in [2.24, 2.45) is 11.7 Å². The first kappa shape index (κ1) is 8.49. The molecule has 0 amide bonds. The number of carbonyl (C=O) groups is 1. The van der Waals surface area contributed by atoms with Crippen molar-refractivity contribution in [1.82, 2.24) is 5.32 Å². The smallest absolute Gasteiger partial charge is 0.308 e. The maximum absolute atomic E-state index is 10.6. The van der Waals surface area contributed by atoms with Crippen LogP contribution in [0.2, 0.25) is 0 Å². The predicted molar refractivity (Wildman–Crippen MR) is 41.2 cm³/mol. The van der Waals surface area contributed by atoms with Crippen molar-refractivity contribution in [1.29, 1.82) is 0 Å². The molecular formula is C7H14N2O2. The lowest BCUT2D eigenvalue weighted by atomic mass is 9.96. The number of carboxylic acids is 1. The van der Waals surface area contributed by atoms with E-state index in [2.05, 4.69) is 5.32 Å². The molecule has 64 valence electrons. The van der Waals surface area contributed by atoms with E-state index in [4.69, 9.17) is 10.8 Å². The summed E-state index contributed by atoms with van der Waals surface area (Å²) >= 11 is 0. The standard InChI is InChI=1S/C7H14N2O2/c8-6-2-4-9-3-1-5(6)7(10)11/h5-6,9H,1-4,8H2,(H,10,11)/t5-,6-/m0/s1. The van der Waals surface area contributed by atoms with Crippen molar-refractivity contribution >= 4 is 5.97 Å². The highest BCUT2D eigenvalue weighted by Crippen LogP contribution is 2.12. The van der Waals surface area contributed by atoms with Gasteiger partial charge in [-0.2, -0.15) is 0 Å². The Bertz CT molecular complexity index is 149. The van der Waals surface area contributed by atoms with Gasteiger partial charge in [0.05, 0.1) is 5.92 Å². The summed E-state index contributed by atoms with van der Waals surface area (Å²) in [5.41, 5.74) is 5.66. The van der Waals surface area contributed by atoms with Gasteiger partial charge < -0.3 is 16.2 Å². The van der Waals surface area contributed by atoms with Gasteiger partial charge in [0.25, 0.3) is 0 Å². The van der Waals surface area contributed by atoms with Crippen LogP contribution in [-0.4, -0.2) is 30.2 Å². The number of aliphatic carboxylic acids is 1. The molecule has 0 aromatic carbocycles. The Hall–Kier alpha value is -0.610. The third-order valence-electron chi connectivity index (χ3n) is 2.12. The fourth-order valence-corrected chi connectivity index (χ4v) is 1.37. The Balaban J connectivity index is 2.52. The Morgan fingerprint density at radius 1 is 1.45 bits per heavy atom. The fraction of sp³-hybridized carbons (Fsp3) is 0.857. The molecule has 0 aliphatic carbocycles. The van der Waals surface area contributed by atoms with E-state index in [9.17, 15) is 4.79 Å². The van der Waals surface area contributed by atoms with Crippen LogP contribution in [0.3, 0.4) is 0 Å². The van der Waals surface area contributed by atoms with E-state index in [1.54, 1.807) is 0 Å². The number of hydrogen-bond donors (Lipinski definition) is 3. The van der Waals surface area contributed by atoms with E-state index in [1.165, 1.54) is 0 Å². The van der Waals surface area contributed by atoms with Gasteiger partial charge in [0.1, 0.15) is 0 Å². The van der Waals surface area contributed by atoms with Gasteiger partial charge in [-0.15, -0.1) is 0 Å². The summed E-state index contributed by atoms with van der Waals surface area (Å²) in [6, 6.07) is -0.178. The maximum Gasteiger partial charge on any atom is 0.308 e. The molecule has 0 bridgehead atoms. The van der Waals surface area contributed by atoms with Gasteiger partial charge in [-0.25, -0.2) is 0 Å². The van der Waals surface area contributed by atoms with Crippen LogP contribution in [-0.2, 0) is 4.79 Å². The van der Waals surface area contributed by atoms with Crippen molar-refractivity contribution in [2.75, 3.05) is 13.1 Å². The van der Waals surface area contributed by atoms with Crippen LogP contribution in [0, 0.1) is 5.92 Å². The Kier molecular flexibility index (Phi) is 2.84. The molecule has 11 heavy (non-hydrogen) atoms. The van der Waals surface area contributed by atoms with Crippen molar-refractivity contribution in [3.63, 3.8) is 0 Å². The summed E-state index contributed by atoms with van der Waals surface area (Å²) in [6.07, 6.45) is 1.41. The first-order valence-corrected chi connectivity index (χ1v) is 3.91. The maximum atomic E-state index is 10.6. The lowest BCUT2D eigenvalue weighted by Crippen LogP contribution is -2.35. The Morgan fingerprint density at radius 2 is 2.09 bits per heavy atom. The molecule has 0 aromatic rings. The van der Waals surface area contributed by atoms with Crippen LogP contribution in [0.5, 0.6) is 0 Å². The molecule has 2 atom stereocenters. The molecule has 1 heterocycles. The third-order valence-corrected chi connectivity index (χ3v) is 2.12. The lowest BCUT2D eigenvalue weighted by molar-refractivity contribution is -0.142. The van der Waals surface area contributed by atoms with Crippen molar-refractivity contribution in [2.45, 2.75) is 18.9 Å². The van der Waals surface area contributed by atoms with Crippen LogP contribution in [0.1, 0.15) is 12.8 Å². The second-order valence-corrected chi connectivity index (χ2v) is 2.94. The molecule has 1 rings (SSSR count). The van der Waals surface area contributed by atoms with E-state index in [1.807, 2.05) is 0 Å². The molecular weight excluding hydrogens is 144 g/mol. The van der Waals surface area contributed by atoms with Crippen LogP contribution < -0.4 is 11.1 Å². The van der Waals surface area contributed by atoms with Gasteiger partial charge >= 0.3 is 5.97 Å². The monoisotopic (exact) mass is 158 g/mol. The molecule has 1 saturated heterocycles. The van der Waals surface area contributed by atoms with Crippen molar-refractivity contribution < 1.29 is 9.90 Å². The molecule has 0 aromatic heterocycles. The quantitative estimate of drug-likeness (QED) is 0.476. The molecule has 4 nitrogen and oxygen atoms in total. The Morgan fingerprint density at radius 3 is 2.73 bits per heavy atom. The zero-order valence-electron chi connectivity index (χ0n) is 6.42. The lowest BCUT2D eigenvalue weighted by Gasteiger charge is -2.15. The predicted octanol–water partition coefficient (Wildman–Crippen LogP) is -0.602. The van der Waals surface area contributed by atoms with Gasteiger partial charge in [0.2, 0.25) is 0 Å². The number of carboxylic acid groups (broad SMARTS) is 1. The second-order valence-electron chi connectivity index (χ2n) is 2.94. The molecule has 1 aliphatic rings. The average molecular weight is 158 g/mol. The molecule has 4 heteroatoms. The summed E-state index contributed by atoms with van der Waals surface area (Å²) in [7, 11) is 0. The molecule has 0 saturated carbocycles. The first-order chi connectivity index (χ1) is 5.22. The number of hydrogen-bond acceptors (Lipinski definition) is 3. The average Bonchev–Trinajstić information content (AvgIpc) is 2.13. The van der Waals surface area contributed by atoms with Gasteiger partial charge in [-0.3, -0.25) is 4.79 Å². The molecule has 1 fully saturated rings. The fourth-order valence-electron chi connectivity index (χ4n) is 1.37. The van der Waals surface area contributed by atoms with Gasteiger partial charge in [0.15, 0.2) is 0 Å². The van der Waals surface area contributed by atoms with Crippen molar-refractivity contribution in [3.8, 4) is 0 Å². The van der Waals surface area contributed by atoms with Crippen LogP contribution in [0.25, 0.3) is 0 Å². The zero-order valence-corrected chi connectivity index (χ0v) is 6.42. The highest BCUT2D eigenvalue weighted by atomic mass is 16.4. The topological polar surface area (TPSA) is 75.3 Å². The highest BCUT2D eigenvalue weighted by molar-refractivity contribution is 5.70. The zero-order chi connectivity index (χ0) is 8.27. The molecule has 0 spiro atoms. The third kappa shape index (κ3) is 2.17. The van der Waals surface area contributed by atoms with Crippen molar-refractivity contribution in [3.05, 3.63) is 0 Å². The summed E-state index contributed by atoms with van der Waals surface area (Å²) < 4.78 is 0. The number of nitrogens with one attached hydrogen (secondary N) is 1. The summed E-state index contributed by atoms with van der Waals surface area (Å²) in [4.78, 5) is 10.6. The van der Waals surface area contributed by atoms with Gasteiger partial charge in [-0.05, 0) is 25.9 Å². The minimum absolute atomic E-state index is 0.178.